The molecule has 0 spiro atoms. The van der Waals surface area contributed by atoms with Gasteiger partial charge >= 0.3 is 0 Å². The van der Waals surface area contributed by atoms with Crippen LogP contribution in [0, 0.1) is 0 Å². The average molecular weight is 340 g/mol. The molecule has 0 bridgehead atoms. The van der Waals surface area contributed by atoms with E-state index in [2.05, 4.69) is 36.6 Å². The maximum absolute atomic E-state index is 12.4. The van der Waals surface area contributed by atoms with Crippen LogP contribution in [-0.2, 0) is 4.79 Å². The zero-order chi connectivity index (χ0) is 17.8. The molecule has 1 aliphatic heterocycles. The molecular weight excluding hydrogens is 316 g/mol. The van der Waals surface area contributed by atoms with Crippen LogP contribution in [0.5, 0.6) is 11.5 Å². The molecule has 2 aromatic rings. The molecule has 0 saturated carbocycles. The van der Waals surface area contributed by atoms with E-state index in [1.54, 1.807) is 18.2 Å². The fraction of sp³-hybridized carbons (Fsp3) is 0.350. The second-order valence-corrected chi connectivity index (χ2v) is 6.35. The Kier molecular flexibility index (Phi) is 5.12. The van der Waals surface area contributed by atoms with Crippen LogP contribution in [0.2, 0.25) is 0 Å². The molecule has 5 nitrogen and oxygen atoms in total. The number of amides is 1. The predicted octanol–water partition coefficient (Wildman–Crippen LogP) is 4.37. The number of carbonyl (C=O) groups excluding carboxylic acids is 1. The molecular formula is C20H24N2O3. The highest BCUT2D eigenvalue weighted by atomic mass is 16.7. The van der Waals surface area contributed by atoms with Gasteiger partial charge in [-0.05, 0) is 49.1 Å². The van der Waals surface area contributed by atoms with Crippen molar-refractivity contribution in [2.45, 2.75) is 39.2 Å². The van der Waals surface area contributed by atoms with Crippen LogP contribution in [0.4, 0.5) is 11.4 Å². The van der Waals surface area contributed by atoms with Crippen LogP contribution in [0.15, 0.2) is 42.5 Å². The maximum Gasteiger partial charge on any atom is 0.246 e. The predicted molar refractivity (Wildman–Crippen MR) is 99.4 cm³/mol. The van der Waals surface area contributed by atoms with Crippen LogP contribution in [0.3, 0.4) is 0 Å². The third-order valence-electron chi connectivity index (χ3n) is 4.51. The summed E-state index contributed by atoms with van der Waals surface area (Å²) in [4.78, 5) is 12.4. The first kappa shape index (κ1) is 17.1. The molecule has 5 heteroatoms. The molecule has 2 aromatic carbocycles. The molecule has 1 heterocycles. The van der Waals surface area contributed by atoms with Crippen molar-refractivity contribution in [2.24, 2.45) is 0 Å². The van der Waals surface area contributed by atoms with Crippen molar-refractivity contribution in [1.82, 2.24) is 0 Å². The van der Waals surface area contributed by atoms with Crippen LogP contribution in [0.25, 0.3) is 0 Å². The van der Waals surface area contributed by atoms with Crippen LogP contribution in [-0.4, -0.2) is 18.7 Å². The Morgan fingerprint density at radius 3 is 2.44 bits per heavy atom. The van der Waals surface area contributed by atoms with E-state index < -0.39 is 0 Å². The summed E-state index contributed by atoms with van der Waals surface area (Å²) in [5, 5.41) is 6.12. The Balaban J connectivity index is 1.59. The fourth-order valence-corrected chi connectivity index (χ4v) is 2.68. The Labute approximate surface area is 148 Å². The number of anilines is 2. The van der Waals surface area contributed by atoms with Crippen molar-refractivity contribution in [3.05, 3.63) is 48.0 Å². The zero-order valence-corrected chi connectivity index (χ0v) is 14.8. The zero-order valence-electron chi connectivity index (χ0n) is 14.8. The molecule has 2 N–H and O–H groups in total. The quantitative estimate of drug-likeness (QED) is 0.820. The smallest absolute Gasteiger partial charge is 0.246 e. The van der Waals surface area contributed by atoms with Gasteiger partial charge in [0.1, 0.15) is 6.04 Å². The van der Waals surface area contributed by atoms with E-state index in [1.807, 2.05) is 19.1 Å². The van der Waals surface area contributed by atoms with Crippen molar-refractivity contribution in [2.75, 3.05) is 17.4 Å². The van der Waals surface area contributed by atoms with Gasteiger partial charge in [-0.25, -0.2) is 0 Å². The molecule has 0 aromatic heterocycles. The lowest BCUT2D eigenvalue weighted by molar-refractivity contribution is -0.116. The van der Waals surface area contributed by atoms with Crippen molar-refractivity contribution in [3.8, 4) is 11.5 Å². The van der Waals surface area contributed by atoms with Gasteiger partial charge in [0, 0.05) is 17.4 Å². The third kappa shape index (κ3) is 4.05. The standard InChI is InChI=1S/C20H24N2O3/c1-4-13(2)15-5-7-16(8-6-15)21-14(3)20(23)22-17-9-10-18-19(11-17)25-12-24-18/h5-11,13-14,21H,4,12H2,1-3H3,(H,22,23)/t13-,14-/m0/s1. The minimum absolute atomic E-state index is 0.107. The number of rotatable bonds is 6. The number of benzene rings is 2. The Hall–Kier alpha value is -2.69. The van der Waals surface area contributed by atoms with Crippen molar-refractivity contribution >= 4 is 17.3 Å². The van der Waals surface area contributed by atoms with Crippen LogP contribution in [0.1, 0.15) is 38.7 Å². The van der Waals surface area contributed by atoms with Crippen molar-refractivity contribution in [3.63, 3.8) is 0 Å². The third-order valence-corrected chi connectivity index (χ3v) is 4.51. The monoisotopic (exact) mass is 340 g/mol. The number of ether oxygens (including phenoxy) is 2. The molecule has 2 atom stereocenters. The molecule has 0 radical (unpaired) electrons. The topological polar surface area (TPSA) is 59.6 Å². The number of hydrogen-bond acceptors (Lipinski definition) is 4. The van der Waals surface area contributed by atoms with Crippen molar-refractivity contribution in [1.29, 1.82) is 0 Å². The number of nitrogens with one attached hydrogen (secondary N) is 2. The lowest BCUT2D eigenvalue weighted by Crippen LogP contribution is -2.31. The van der Waals surface area contributed by atoms with Crippen molar-refractivity contribution < 1.29 is 14.3 Å². The molecule has 0 fully saturated rings. The second-order valence-electron chi connectivity index (χ2n) is 6.35. The van der Waals surface area contributed by atoms with E-state index >= 15 is 0 Å². The number of carbonyl (C=O) groups is 1. The van der Waals surface area contributed by atoms with Gasteiger partial charge in [0.2, 0.25) is 12.7 Å². The number of fused-ring (bicyclic) bond motifs is 1. The highest BCUT2D eigenvalue weighted by Gasteiger charge is 2.17. The van der Waals surface area contributed by atoms with E-state index in [0.29, 0.717) is 23.1 Å². The summed E-state index contributed by atoms with van der Waals surface area (Å²) in [5.41, 5.74) is 2.93. The summed E-state index contributed by atoms with van der Waals surface area (Å²) >= 11 is 0. The molecule has 1 aliphatic rings. The lowest BCUT2D eigenvalue weighted by atomic mass is 9.98. The van der Waals surface area contributed by atoms with E-state index in [0.717, 1.165) is 12.1 Å². The highest BCUT2D eigenvalue weighted by Crippen LogP contribution is 2.34. The molecule has 1 amide bonds. The second kappa shape index (κ2) is 7.47. The van der Waals surface area contributed by atoms with E-state index in [-0.39, 0.29) is 18.7 Å². The molecule has 132 valence electrons. The van der Waals surface area contributed by atoms with Gasteiger partial charge in [0.15, 0.2) is 11.5 Å². The number of hydrogen-bond donors (Lipinski definition) is 2. The molecule has 0 unspecified atom stereocenters. The minimum Gasteiger partial charge on any atom is -0.454 e. The first-order valence-electron chi connectivity index (χ1n) is 8.64. The summed E-state index contributed by atoms with van der Waals surface area (Å²) in [5.74, 6) is 1.79. The SMILES string of the molecule is CC[C@H](C)c1ccc(N[C@@H](C)C(=O)Nc2ccc3c(c2)OCO3)cc1. The molecule has 0 saturated heterocycles. The fourth-order valence-electron chi connectivity index (χ4n) is 2.68. The average Bonchev–Trinajstić information content (AvgIpc) is 3.09. The Morgan fingerprint density at radius 1 is 1.04 bits per heavy atom. The van der Waals surface area contributed by atoms with Gasteiger partial charge in [-0.15, -0.1) is 0 Å². The van der Waals surface area contributed by atoms with E-state index in [4.69, 9.17) is 9.47 Å². The van der Waals surface area contributed by atoms with E-state index in [9.17, 15) is 4.79 Å². The lowest BCUT2D eigenvalue weighted by Gasteiger charge is -2.16. The molecule has 25 heavy (non-hydrogen) atoms. The maximum atomic E-state index is 12.4. The largest absolute Gasteiger partial charge is 0.454 e. The van der Waals surface area contributed by atoms with Gasteiger partial charge < -0.3 is 20.1 Å². The summed E-state index contributed by atoms with van der Waals surface area (Å²) in [7, 11) is 0. The Morgan fingerprint density at radius 2 is 1.72 bits per heavy atom. The summed E-state index contributed by atoms with van der Waals surface area (Å²) in [6.07, 6.45) is 1.11. The van der Waals surface area contributed by atoms with Gasteiger partial charge in [-0.2, -0.15) is 0 Å². The first-order chi connectivity index (χ1) is 12.1. The van der Waals surface area contributed by atoms with Crippen LogP contribution >= 0.6 is 0 Å². The van der Waals surface area contributed by atoms with Gasteiger partial charge in [-0.3, -0.25) is 4.79 Å². The van der Waals surface area contributed by atoms with Gasteiger partial charge in [-0.1, -0.05) is 26.0 Å². The van der Waals surface area contributed by atoms with E-state index in [1.165, 1.54) is 5.56 Å². The highest BCUT2D eigenvalue weighted by molar-refractivity contribution is 5.96. The Bertz CT molecular complexity index is 743. The normalized spacial score (nSPS) is 14.7. The van der Waals surface area contributed by atoms with Gasteiger partial charge in [0.05, 0.1) is 0 Å². The molecule has 3 rings (SSSR count). The molecule has 0 aliphatic carbocycles. The van der Waals surface area contributed by atoms with Crippen LogP contribution < -0.4 is 20.1 Å². The summed E-state index contributed by atoms with van der Waals surface area (Å²) in [6, 6.07) is 13.3. The van der Waals surface area contributed by atoms with Gasteiger partial charge in [0.25, 0.3) is 0 Å². The first-order valence-corrected chi connectivity index (χ1v) is 8.64. The summed E-state index contributed by atoms with van der Waals surface area (Å²) in [6.45, 7) is 6.45. The summed E-state index contributed by atoms with van der Waals surface area (Å²) < 4.78 is 10.6. The minimum atomic E-state index is -0.361.